The molecule has 6 N–H and O–H groups in total. The Morgan fingerprint density at radius 1 is 1.06 bits per heavy atom. The van der Waals surface area contributed by atoms with Crippen LogP contribution in [-0.4, -0.2) is 15.0 Å². The van der Waals surface area contributed by atoms with Gasteiger partial charge in [0.05, 0.1) is 0 Å². The predicted octanol–water partition coefficient (Wildman–Crippen LogP) is -0.691. The number of aromatic amines is 2. The number of nitrogens with zero attached hydrogens (tertiary/aromatic N) is 1. The van der Waals surface area contributed by atoms with Gasteiger partial charge in [-0.15, -0.1) is 0 Å². The molecule has 0 saturated heterocycles. The number of hydrogen-bond donors (Lipinski definition) is 4. The van der Waals surface area contributed by atoms with E-state index in [9.17, 15) is 9.59 Å². The Hall–Kier alpha value is -2.57. The van der Waals surface area contributed by atoms with Crippen molar-refractivity contribution >= 4 is 11.6 Å². The van der Waals surface area contributed by atoms with Crippen LogP contribution in [0.15, 0.2) is 40.1 Å². The van der Waals surface area contributed by atoms with E-state index in [0.29, 0.717) is 11.6 Å². The molecule has 84 valence electrons. The van der Waals surface area contributed by atoms with Crippen molar-refractivity contribution in [3.63, 3.8) is 0 Å². The molecule has 0 aromatic carbocycles. The average molecular weight is 221 g/mol. The summed E-state index contributed by atoms with van der Waals surface area (Å²) >= 11 is 0. The van der Waals surface area contributed by atoms with E-state index in [0.717, 1.165) is 0 Å². The van der Waals surface area contributed by atoms with Crippen molar-refractivity contribution in [2.24, 2.45) is 0 Å². The van der Waals surface area contributed by atoms with Gasteiger partial charge in [0.25, 0.3) is 5.56 Å². The first-order chi connectivity index (χ1) is 7.58. The zero-order chi connectivity index (χ0) is 12.0. The van der Waals surface area contributed by atoms with E-state index >= 15 is 0 Å². The predicted molar refractivity (Wildman–Crippen MR) is 60.7 cm³/mol. The standard InChI is InChI=1S/C5H7N3.C4H4N2O2/c6-4-2-1-3-5(7)8-4;7-3-1-2-5-4(8)6-3/h1-3H,(H4,6,7,8);1-2H,(H2,5,6,7,8). The second-order valence-corrected chi connectivity index (χ2v) is 2.78. The Balaban J connectivity index is 0.000000160. The van der Waals surface area contributed by atoms with Crippen LogP contribution < -0.4 is 22.7 Å². The Labute approximate surface area is 90.2 Å². The molecule has 0 saturated carbocycles. The van der Waals surface area contributed by atoms with Crippen LogP contribution >= 0.6 is 0 Å². The summed E-state index contributed by atoms with van der Waals surface area (Å²) in [7, 11) is 0. The van der Waals surface area contributed by atoms with Crippen LogP contribution in [0.2, 0.25) is 0 Å². The van der Waals surface area contributed by atoms with Crippen LogP contribution in [0.3, 0.4) is 0 Å². The quantitative estimate of drug-likeness (QED) is 0.467. The van der Waals surface area contributed by atoms with E-state index in [1.54, 1.807) is 18.2 Å². The molecule has 7 nitrogen and oxygen atoms in total. The maximum atomic E-state index is 10.2. The number of nitrogen functional groups attached to an aromatic ring is 2. The Bertz CT molecular complexity index is 517. The fourth-order valence-corrected chi connectivity index (χ4v) is 0.852. The number of pyridine rings is 1. The molecule has 2 aromatic heterocycles. The zero-order valence-corrected chi connectivity index (χ0v) is 8.31. The number of H-pyrrole nitrogens is 2. The van der Waals surface area contributed by atoms with Gasteiger partial charge in [0.2, 0.25) is 0 Å². The zero-order valence-electron chi connectivity index (χ0n) is 8.31. The smallest absolute Gasteiger partial charge is 0.325 e. The highest BCUT2D eigenvalue weighted by Gasteiger charge is 1.83. The molecule has 0 aliphatic heterocycles. The van der Waals surface area contributed by atoms with Crippen LogP contribution in [0.1, 0.15) is 0 Å². The summed E-state index contributed by atoms with van der Waals surface area (Å²) in [6.07, 6.45) is 1.29. The van der Waals surface area contributed by atoms with Gasteiger partial charge in [0, 0.05) is 12.3 Å². The molecule has 0 aliphatic rings. The van der Waals surface area contributed by atoms with Crippen LogP contribution in [0, 0.1) is 0 Å². The summed E-state index contributed by atoms with van der Waals surface area (Å²) in [6, 6.07) is 6.38. The summed E-state index contributed by atoms with van der Waals surface area (Å²) in [5.41, 5.74) is 9.68. The molecular formula is C9H11N5O2. The second-order valence-electron chi connectivity index (χ2n) is 2.78. The fourth-order valence-electron chi connectivity index (χ4n) is 0.852. The molecule has 0 bridgehead atoms. The van der Waals surface area contributed by atoms with E-state index < -0.39 is 5.69 Å². The summed E-state index contributed by atoms with van der Waals surface area (Å²) < 4.78 is 0. The van der Waals surface area contributed by atoms with Crippen molar-refractivity contribution in [1.82, 2.24) is 15.0 Å². The number of anilines is 2. The van der Waals surface area contributed by atoms with Gasteiger partial charge in [-0.3, -0.25) is 9.78 Å². The Kier molecular flexibility index (Phi) is 3.84. The SMILES string of the molecule is Nc1cccc(N)n1.O=c1cc[nH]c(=O)[nH]1. The molecule has 2 rings (SSSR count). The van der Waals surface area contributed by atoms with E-state index in [1.165, 1.54) is 12.3 Å². The van der Waals surface area contributed by atoms with Gasteiger partial charge >= 0.3 is 5.69 Å². The van der Waals surface area contributed by atoms with Gasteiger partial charge in [-0.1, -0.05) is 6.07 Å². The highest BCUT2D eigenvalue weighted by atomic mass is 16.2. The number of nitrogens with one attached hydrogen (secondary N) is 2. The monoisotopic (exact) mass is 221 g/mol. The topological polar surface area (TPSA) is 131 Å². The minimum Gasteiger partial charge on any atom is -0.384 e. The molecule has 0 radical (unpaired) electrons. The molecule has 0 spiro atoms. The molecule has 0 fully saturated rings. The molecule has 0 aliphatic carbocycles. The third kappa shape index (κ3) is 4.09. The lowest BCUT2D eigenvalue weighted by molar-refractivity contribution is 1.04. The highest BCUT2D eigenvalue weighted by Crippen LogP contribution is 1.99. The molecule has 16 heavy (non-hydrogen) atoms. The summed E-state index contributed by atoms with van der Waals surface area (Å²) in [5, 5.41) is 0. The molecule has 0 unspecified atom stereocenters. The third-order valence-corrected chi connectivity index (χ3v) is 1.48. The number of aromatic nitrogens is 3. The molecule has 0 amide bonds. The second kappa shape index (κ2) is 5.35. The molecule has 7 heteroatoms. The first kappa shape index (κ1) is 11.5. The summed E-state index contributed by atoms with van der Waals surface area (Å²) in [4.78, 5) is 28.4. The number of rotatable bonds is 0. The fraction of sp³-hybridized carbons (Fsp3) is 0. The van der Waals surface area contributed by atoms with E-state index in [2.05, 4.69) is 9.97 Å². The molecule has 0 atom stereocenters. The van der Waals surface area contributed by atoms with Crippen LogP contribution in [-0.2, 0) is 0 Å². The number of hydrogen-bond acceptors (Lipinski definition) is 5. The van der Waals surface area contributed by atoms with Gasteiger partial charge in [0.15, 0.2) is 0 Å². The average Bonchev–Trinajstić information content (AvgIpc) is 2.17. The van der Waals surface area contributed by atoms with Crippen LogP contribution in [0.5, 0.6) is 0 Å². The normalized spacial score (nSPS) is 9.00. The first-order valence-corrected chi connectivity index (χ1v) is 4.34. The van der Waals surface area contributed by atoms with Gasteiger partial charge in [-0.05, 0) is 12.1 Å². The van der Waals surface area contributed by atoms with E-state index in [4.69, 9.17) is 11.5 Å². The van der Waals surface area contributed by atoms with Crippen molar-refractivity contribution in [2.45, 2.75) is 0 Å². The maximum absolute atomic E-state index is 10.2. The Morgan fingerprint density at radius 3 is 2.00 bits per heavy atom. The lowest BCUT2D eigenvalue weighted by atomic mass is 10.4. The van der Waals surface area contributed by atoms with Gasteiger partial charge in [0.1, 0.15) is 11.6 Å². The minimum atomic E-state index is -0.475. The third-order valence-electron chi connectivity index (χ3n) is 1.48. The lowest BCUT2D eigenvalue weighted by Gasteiger charge is -1.90. The largest absolute Gasteiger partial charge is 0.384 e. The van der Waals surface area contributed by atoms with Gasteiger partial charge < -0.3 is 16.5 Å². The van der Waals surface area contributed by atoms with Crippen molar-refractivity contribution in [3.05, 3.63) is 51.3 Å². The molecular weight excluding hydrogens is 210 g/mol. The Morgan fingerprint density at radius 2 is 1.69 bits per heavy atom. The van der Waals surface area contributed by atoms with Crippen LogP contribution in [0.25, 0.3) is 0 Å². The van der Waals surface area contributed by atoms with Gasteiger partial charge in [-0.25, -0.2) is 9.78 Å². The summed E-state index contributed by atoms with van der Waals surface area (Å²) in [6.45, 7) is 0. The number of nitrogens with two attached hydrogens (primary N) is 2. The van der Waals surface area contributed by atoms with E-state index in [1.807, 2.05) is 4.98 Å². The van der Waals surface area contributed by atoms with Gasteiger partial charge in [-0.2, -0.15) is 0 Å². The van der Waals surface area contributed by atoms with Crippen molar-refractivity contribution in [2.75, 3.05) is 11.5 Å². The first-order valence-electron chi connectivity index (χ1n) is 4.34. The van der Waals surface area contributed by atoms with Crippen LogP contribution in [0.4, 0.5) is 11.6 Å². The van der Waals surface area contributed by atoms with Crippen molar-refractivity contribution in [3.8, 4) is 0 Å². The minimum absolute atomic E-state index is 0.381. The highest BCUT2D eigenvalue weighted by molar-refractivity contribution is 5.37. The molecule has 2 heterocycles. The maximum Gasteiger partial charge on any atom is 0.325 e. The van der Waals surface area contributed by atoms with E-state index in [-0.39, 0.29) is 5.56 Å². The van der Waals surface area contributed by atoms with Crippen molar-refractivity contribution in [1.29, 1.82) is 0 Å². The lowest BCUT2D eigenvalue weighted by Crippen LogP contribution is -2.19. The summed E-state index contributed by atoms with van der Waals surface area (Å²) in [5.74, 6) is 0.926. The molecule has 2 aromatic rings. The van der Waals surface area contributed by atoms with Crippen molar-refractivity contribution < 1.29 is 0 Å².